The fourth-order valence-electron chi connectivity index (χ4n) is 2.33. The van der Waals surface area contributed by atoms with E-state index < -0.39 is 17.7 Å². The number of benzene rings is 2. The highest BCUT2D eigenvalue weighted by molar-refractivity contribution is 7.17. The Morgan fingerprint density at radius 2 is 1.75 bits per heavy atom. The van der Waals surface area contributed by atoms with Crippen molar-refractivity contribution in [3.63, 3.8) is 0 Å². The summed E-state index contributed by atoms with van der Waals surface area (Å²) in [5.74, 6) is 3.84. The molecule has 3 N–H and O–H groups in total. The quantitative estimate of drug-likeness (QED) is 0.570. The van der Waals surface area contributed by atoms with Crippen LogP contribution in [0.2, 0.25) is 0 Å². The lowest BCUT2D eigenvalue weighted by Crippen LogP contribution is -2.29. The third-order valence-corrected chi connectivity index (χ3v) is 4.26. The van der Waals surface area contributed by atoms with Gasteiger partial charge in [-0.3, -0.25) is 5.84 Å². The minimum absolute atomic E-state index is 0.202. The fraction of sp³-hybridized carbons (Fsp3) is 0.0667. The standard InChI is InChI=1S/C15H12F2N2S/c16-12-6-2-4-10(13(12)17)14(19-18)11-5-1-3-9-7-8-20-15(9)11/h1-8,14,19H,18H2. The number of hydrogen-bond donors (Lipinski definition) is 2. The molecule has 0 fully saturated rings. The van der Waals surface area contributed by atoms with Gasteiger partial charge < -0.3 is 0 Å². The Kier molecular flexibility index (Phi) is 3.48. The molecule has 0 aliphatic heterocycles. The van der Waals surface area contributed by atoms with Gasteiger partial charge in [0.2, 0.25) is 0 Å². The van der Waals surface area contributed by atoms with Crippen molar-refractivity contribution in [2.75, 3.05) is 0 Å². The van der Waals surface area contributed by atoms with Crippen LogP contribution in [0.25, 0.3) is 10.1 Å². The first-order valence-electron chi connectivity index (χ1n) is 6.08. The highest BCUT2D eigenvalue weighted by atomic mass is 32.1. The molecule has 1 aromatic heterocycles. The van der Waals surface area contributed by atoms with E-state index in [0.29, 0.717) is 0 Å². The van der Waals surface area contributed by atoms with E-state index >= 15 is 0 Å². The highest BCUT2D eigenvalue weighted by Crippen LogP contribution is 2.33. The number of nitrogens with two attached hydrogens (primary N) is 1. The number of hydrogen-bond acceptors (Lipinski definition) is 3. The smallest absolute Gasteiger partial charge is 0.163 e. The Labute approximate surface area is 118 Å². The molecule has 2 aromatic carbocycles. The van der Waals surface area contributed by atoms with E-state index in [1.165, 1.54) is 12.1 Å². The van der Waals surface area contributed by atoms with Crippen LogP contribution < -0.4 is 11.3 Å². The summed E-state index contributed by atoms with van der Waals surface area (Å²) in [6.45, 7) is 0. The molecule has 0 aliphatic carbocycles. The van der Waals surface area contributed by atoms with Gasteiger partial charge in [-0.15, -0.1) is 11.3 Å². The molecule has 1 atom stereocenters. The van der Waals surface area contributed by atoms with Crippen molar-refractivity contribution in [1.29, 1.82) is 0 Å². The van der Waals surface area contributed by atoms with Gasteiger partial charge in [0.15, 0.2) is 11.6 Å². The monoisotopic (exact) mass is 290 g/mol. The van der Waals surface area contributed by atoms with Crippen molar-refractivity contribution in [2.24, 2.45) is 5.84 Å². The third kappa shape index (κ3) is 2.10. The van der Waals surface area contributed by atoms with Crippen LogP contribution in [0.5, 0.6) is 0 Å². The largest absolute Gasteiger partial charge is 0.271 e. The van der Waals surface area contributed by atoms with Crippen LogP contribution >= 0.6 is 11.3 Å². The second-order valence-electron chi connectivity index (χ2n) is 4.43. The Balaban J connectivity index is 2.19. The minimum atomic E-state index is -0.874. The molecular weight excluding hydrogens is 278 g/mol. The average molecular weight is 290 g/mol. The van der Waals surface area contributed by atoms with Gasteiger partial charge in [0.1, 0.15) is 0 Å². The zero-order chi connectivity index (χ0) is 14.1. The first kappa shape index (κ1) is 13.2. The van der Waals surface area contributed by atoms with Crippen LogP contribution in [0.1, 0.15) is 17.2 Å². The summed E-state index contributed by atoms with van der Waals surface area (Å²) in [5, 5.41) is 3.02. The summed E-state index contributed by atoms with van der Waals surface area (Å²) in [7, 11) is 0. The van der Waals surface area contributed by atoms with Crippen molar-refractivity contribution < 1.29 is 8.78 Å². The van der Waals surface area contributed by atoms with Gasteiger partial charge in [0, 0.05) is 10.3 Å². The second-order valence-corrected chi connectivity index (χ2v) is 5.35. The SMILES string of the molecule is NNC(c1cccc(F)c1F)c1cccc2ccsc12. The summed E-state index contributed by atoms with van der Waals surface area (Å²) >= 11 is 1.55. The van der Waals surface area contributed by atoms with E-state index in [2.05, 4.69) is 5.43 Å². The number of rotatable bonds is 3. The molecule has 1 unspecified atom stereocenters. The number of halogens is 2. The first-order chi connectivity index (χ1) is 9.72. The molecule has 102 valence electrons. The van der Waals surface area contributed by atoms with E-state index in [-0.39, 0.29) is 5.56 Å². The topological polar surface area (TPSA) is 38.0 Å². The van der Waals surface area contributed by atoms with Crippen molar-refractivity contribution >= 4 is 21.4 Å². The lowest BCUT2D eigenvalue weighted by Gasteiger charge is -2.18. The summed E-state index contributed by atoms with van der Waals surface area (Å²) in [6, 6.07) is 11.2. The molecule has 0 amide bonds. The molecule has 0 radical (unpaired) electrons. The fourth-order valence-corrected chi connectivity index (χ4v) is 3.28. The Hall–Kier alpha value is -1.82. The van der Waals surface area contributed by atoms with Crippen LogP contribution in [0, 0.1) is 11.6 Å². The molecule has 2 nitrogen and oxygen atoms in total. The van der Waals surface area contributed by atoms with E-state index in [1.807, 2.05) is 29.6 Å². The zero-order valence-electron chi connectivity index (χ0n) is 10.4. The molecular formula is C15H12F2N2S. The lowest BCUT2D eigenvalue weighted by atomic mass is 9.97. The highest BCUT2D eigenvalue weighted by Gasteiger charge is 2.21. The first-order valence-corrected chi connectivity index (χ1v) is 6.96. The Morgan fingerprint density at radius 3 is 2.55 bits per heavy atom. The molecule has 0 saturated carbocycles. The van der Waals surface area contributed by atoms with Gasteiger partial charge in [-0.25, -0.2) is 14.2 Å². The molecule has 5 heteroatoms. The Morgan fingerprint density at radius 1 is 1.00 bits per heavy atom. The van der Waals surface area contributed by atoms with Crippen LogP contribution in [0.4, 0.5) is 8.78 Å². The van der Waals surface area contributed by atoms with E-state index in [1.54, 1.807) is 11.3 Å². The maximum absolute atomic E-state index is 14.0. The summed E-state index contributed by atoms with van der Waals surface area (Å²) < 4.78 is 28.4. The minimum Gasteiger partial charge on any atom is -0.271 e. The molecule has 20 heavy (non-hydrogen) atoms. The average Bonchev–Trinajstić information content (AvgIpc) is 2.93. The van der Waals surface area contributed by atoms with Gasteiger partial charge in [-0.2, -0.15) is 0 Å². The van der Waals surface area contributed by atoms with E-state index in [0.717, 1.165) is 21.7 Å². The molecule has 1 heterocycles. The van der Waals surface area contributed by atoms with Gasteiger partial charge in [-0.05, 0) is 28.5 Å². The van der Waals surface area contributed by atoms with Crippen molar-refractivity contribution in [2.45, 2.75) is 6.04 Å². The lowest BCUT2D eigenvalue weighted by molar-refractivity contribution is 0.483. The predicted molar refractivity (Wildman–Crippen MR) is 77.3 cm³/mol. The molecule has 3 rings (SSSR count). The van der Waals surface area contributed by atoms with Crippen LogP contribution in [0.15, 0.2) is 47.8 Å². The van der Waals surface area contributed by atoms with E-state index in [9.17, 15) is 8.78 Å². The Bertz CT molecular complexity index is 754. The van der Waals surface area contributed by atoms with Crippen LogP contribution in [-0.4, -0.2) is 0 Å². The molecule has 0 spiro atoms. The number of fused-ring (bicyclic) bond motifs is 1. The maximum Gasteiger partial charge on any atom is 0.163 e. The summed E-state index contributed by atoms with van der Waals surface area (Å²) in [4.78, 5) is 0. The molecule has 0 saturated heterocycles. The number of hydrazine groups is 1. The molecule has 0 aliphatic rings. The number of nitrogens with one attached hydrogen (secondary N) is 1. The van der Waals surface area contributed by atoms with Crippen LogP contribution in [0.3, 0.4) is 0 Å². The van der Waals surface area contributed by atoms with Gasteiger partial charge in [-0.1, -0.05) is 30.3 Å². The van der Waals surface area contributed by atoms with E-state index in [4.69, 9.17) is 5.84 Å². The van der Waals surface area contributed by atoms with Gasteiger partial charge in [0.05, 0.1) is 6.04 Å². The van der Waals surface area contributed by atoms with Gasteiger partial charge >= 0.3 is 0 Å². The summed E-state index contributed by atoms with van der Waals surface area (Å²) in [6.07, 6.45) is 0. The molecule has 3 aromatic rings. The third-order valence-electron chi connectivity index (χ3n) is 3.28. The van der Waals surface area contributed by atoms with Crippen molar-refractivity contribution in [3.05, 3.63) is 70.6 Å². The van der Waals surface area contributed by atoms with Crippen molar-refractivity contribution in [1.82, 2.24) is 5.43 Å². The normalized spacial score (nSPS) is 12.8. The predicted octanol–water partition coefficient (Wildman–Crippen LogP) is 3.73. The zero-order valence-corrected chi connectivity index (χ0v) is 11.3. The number of thiophene rings is 1. The molecule has 0 bridgehead atoms. The van der Waals surface area contributed by atoms with Gasteiger partial charge in [0.25, 0.3) is 0 Å². The van der Waals surface area contributed by atoms with Crippen LogP contribution in [-0.2, 0) is 0 Å². The van der Waals surface area contributed by atoms with Crippen molar-refractivity contribution in [3.8, 4) is 0 Å². The second kappa shape index (κ2) is 5.28. The maximum atomic E-state index is 14.0. The summed E-state index contributed by atoms with van der Waals surface area (Å²) in [5.41, 5.74) is 3.62.